The predicted molar refractivity (Wildman–Crippen MR) is 161 cm³/mol. The Morgan fingerprint density at radius 3 is 1.40 bits per heavy atom. The van der Waals surface area contributed by atoms with Crippen molar-refractivity contribution >= 4 is 16.4 Å². The summed E-state index contributed by atoms with van der Waals surface area (Å²) in [5.74, 6) is -0.607. The number of carbonyl (C=O) groups excluding carboxylic acids is 1. The van der Waals surface area contributed by atoms with Gasteiger partial charge in [-0.25, -0.2) is 8.42 Å². The zero-order chi connectivity index (χ0) is 32.1. The number of hydrogen-bond donors (Lipinski definition) is 5. The van der Waals surface area contributed by atoms with E-state index in [0.29, 0.717) is 12.8 Å². The van der Waals surface area contributed by atoms with E-state index in [1.165, 1.54) is 77.0 Å². The maximum atomic E-state index is 11.8. The first kappa shape index (κ1) is 47.5. The van der Waals surface area contributed by atoms with Crippen molar-refractivity contribution < 1.29 is 81.8 Å². The van der Waals surface area contributed by atoms with E-state index in [1.54, 1.807) is 0 Å². The molecule has 0 fully saturated rings. The van der Waals surface area contributed by atoms with Crippen molar-refractivity contribution in [3.63, 3.8) is 0 Å². The van der Waals surface area contributed by atoms with Crippen LogP contribution in [0.1, 0.15) is 142 Å². The minimum absolute atomic E-state index is 0. The normalized spacial score (nSPS) is 14.1. The number of ether oxygens (including phenoxy) is 1. The van der Waals surface area contributed by atoms with Crippen LogP contribution >= 0.6 is 0 Å². The van der Waals surface area contributed by atoms with Crippen LogP contribution in [0.15, 0.2) is 0 Å². The number of aliphatic hydroxyl groups excluding tert-OH is 5. The number of carbonyl (C=O) groups is 1. The fourth-order valence-corrected chi connectivity index (χ4v) is 4.67. The van der Waals surface area contributed by atoms with Gasteiger partial charge >= 0.3 is 35.5 Å². The van der Waals surface area contributed by atoms with Crippen molar-refractivity contribution in [1.29, 1.82) is 0 Å². The summed E-state index contributed by atoms with van der Waals surface area (Å²) in [6, 6.07) is 0. The van der Waals surface area contributed by atoms with Crippen LogP contribution in [0, 0.1) is 0 Å². The van der Waals surface area contributed by atoms with Crippen molar-refractivity contribution in [2.75, 3.05) is 19.8 Å². The monoisotopic (exact) mass is 652 g/mol. The minimum atomic E-state index is -4.48. The van der Waals surface area contributed by atoms with Crippen molar-refractivity contribution in [2.45, 2.75) is 167 Å². The summed E-state index contributed by atoms with van der Waals surface area (Å²) in [5, 5.41) is 46.7. The number of rotatable bonds is 28. The molecule has 0 spiro atoms. The van der Waals surface area contributed by atoms with Crippen LogP contribution in [0.4, 0.5) is 0 Å². The van der Waals surface area contributed by atoms with Gasteiger partial charge in [0.25, 0.3) is 0 Å². The van der Waals surface area contributed by atoms with Crippen LogP contribution in [0.3, 0.4) is 0 Å². The van der Waals surface area contributed by atoms with Crippen LogP contribution in [0.2, 0.25) is 0 Å². The molecule has 0 saturated carbocycles. The summed E-state index contributed by atoms with van der Waals surface area (Å²) in [7, 11) is -4.48. The molecule has 4 atom stereocenters. The quantitative estimate of drug-likeness (QED) is 0.0269. The molecule has 11 nitrogen and oxygen atoms in total. The molecule has 0 saturated heterocycles. The minimum Gasteiger partial charge on any atom is -0.726 e. The SMILES string of the molecule is CCCCCCCCCCCC(=O)O[C@@H]([C@H](O)[C@@H](O)CO)[C@H](O)CO.CCCCCCCCCCCCOS(=O)(=O)[O-].[Na+]. The summed E-state index contributed by atoms with van der Waals surface area (Å²) in [6.07, 6.45) is 15.6. The molecule has 0 aliphatic heterocycles. The zero-order valence-electron chi connectivity index (χ0n) is 27.2. The second-order valence-electron chi connectivity index (χ2n) is 10.9. The fraction of sp³-hybridized carbons (Fsp3) is 0.967. The third-order valence-electron chi connectivity index (χ3n) is 6.96. The topological polar surface area (TPSA) is 194 Å². The molecule has 0 radical (unpaired) electrons. The third-order valence-corrected chi connectivity index (χ3v) is 7.42. The Hall–Kier alpha value is 0.140. The molecule has 0 rings (SSSR count). The number of hydrogen-bond acceptors (Lipinski definition) is 11. The van der Waals surface area contributed by atoms with Gasteiger partial charge in [-0.2, -0.15) is 0 Å². The van der Waals surface area contributed by atoms with Crippen molar-refractivity contribution in [3.05, 3.63) is 0 Å². The molecular formula is C30H61NaO11S. The van der Waals surface area contributed by atoms with Gasteiger partial charge in [-0.15, -0.1) is 0 Å². The Balaban J connectivity index is -0.000000779. The number of unbranched alkanes of at least 4 members (excludes halogenated alkanes) is 17. The standard InChI is InChI=1S/C18H36O7.C12H26O4S.Na/c1-2-3-4-5-6-7-8-9-10-11-16(23)25-18(15(22)13-20)17(24)14(21)12-19;1-2-3-4-5-6-7-8-9-10-11-12-16-17(13,14)15;/h14-15,17-22,24H,2-13H2,1H3;2-12H2,1H3,(H,13,14,15);/q;;+1/p-1/t14-,15+,17+,18+;;/m0../s1. The van der Waals surface area contributed by atoms with Gasteiger partial charge in [-0.1, -0.05) is 123 Å². The van der Waals surface area contributed by atoms with E-state index < -0.39 is 54.0 Å². The first-order valence-corrected chi connectivity index (χ1v) is 17.4. The Morgan fingerprint density at radius 1 is 0.651 bits per heavy atom. The maximum Gasteiger partial charge on any atom is 1.00 e. The van der Waals surface area contributed by atoms with Gasteiger partial charge in [0, 0.05) is 6.42 Å². The van der Waals surface area contributed by atoms with Crippen LogP contribution < -0.4 is 29.6 Å². The smallest absolute Gasteiger partial charge is 0.726 e. The van der Waals surface area contributed by atoms with Gasteiger partial charge in [0.15, 0.2) is 6.10 Å². The number of esters is 1. The molecule has 0 aromatic rings. The molecule has 254 valence electrons. The van der Waals surface area contributed by atoms with E-state index in [0.717, 1.165) is 32.1 Å². The maximum absolute atomic E-state index is 11.8. The van der Waals surface area contributed by atoms with E-state index >= 15 is 0 Å². The molecule has 0 aliphatic carbocycles. The van der Waals surface area contributed by atoms with Gasteiger partial charge in [-0.3, -0.25) is 8.98 Å². The molecule has 0 amide bonds. The molecule has 0 aromatic heterocycles. The van der Waals surface area contributed by atoms with Crippen molar-refractivity contribution in [1.82, 2.24) is 0 Å². The second kappa shape index (κ2) is 33.5. The predicted octanol–water partition coefficient (Wildman–Crippen LogP) is 1.27. The van der Waals surface area contributed by atoms with Gasteiger partial charge < -0.3 is 34.8 Å². The molecular weight excluding hydrogens is 591 g/mol. The van der Waals surface area contributed by atoms with Gasteiger partial charge in [0.05, 0.1) is 19.8 Å². The molecule has 0 unspecified atom stereocenters. The van der Waals surface area contributed by atoms with E-state index in [4.69, 9.17) is 14.9 Å². The van der Waals surface area contributed by atoms with Gasteiger partial charge in [0.2, 0.25) is 10.4 Å². The number of aliphatic hydroxyl groups is 5. The Kier molecular flexibility index (Phi) is 37.0. The van der Waals surface area contributed by atoms with E-state index in [-0.39, 0.29) is 42.6 Å². The summed E-state index contributed by atoms with van der Waals surface area (Å²) in [5.41, 5.74) is 0. The Bertz CT molecular complexity index is 698. The second-order valence-corrected chi connectivity index (χ2v) is 12.0. The van der Waals surface area contributed by atoms with Crippen molar-refractivity contribution in [2.24, 2.45) is 0 Å². The zero-order valence-corrected chi connectivity index (χ0v) is 30.0. The third kappa shape index (κ3) is 33.3. The molecule has 0 heterocycles. The van der Waals surface area contributed by atoms with E-state index in [1.807, 2.05) is 0 Å². The molecule has 5 N–H and O–H groups in total. The summed E-state index contributed by atoms with van der Waals surface area (Å²) < 4.78 is 39.4. The average Bonchev–Trinajstić information content (AvgIpc) is 2.96. The summed E-state index contributed by atoms with van der Waals surface area (Å²) in [4.78, 5) is 11.8. The summed E-state index contributed by atoms with van der Waals surface area (Å²) >= 11 is 0. The Labute approximate surface area is 283 Å². The largest absolute Gasteiger partial charge is 1.00 e. The van der Waals surface area contributed by atoms with Crippen molar-refractivity contribution in [3.8, 4) is 0 Å². The fourth-order valence-electron chi connectivity index (χ4n) is 4.35. The Morgan fingerprint density at radius 2 is 1.02 bits per heavy atom. The molecule has 0 aromatic carbocycles. The van der Waals surface area contributed by atoms with Crippen LogP contribution in [0.5, 0.6) is 0 Å². The van der Waals surface area contributed by atoms with Gasteiger partial charge in [-0.05, 0) is 12.8 Å². The van der Waals surface area contributed by atoms with Crippen LogP contribution in [-0.4, -0.2) is 88.7 Å². The van der Waals surface area contributed by atoms with Crippen LogP contribution in [-0.2, 0) is 24.1 Å². The van der Waals surface area contributed by atoms with Crippen LogP contribution in [0.25, 0.3) is 0 Å². The first-order chi connectivity index (χ1) is 20.0. The van der Waals surface area contributed by atoms with E-state index in [9.17, 15) is 33.1 Å². The average molecular weight is 653 g/mol. The first-order valence-electron chi connectivity index (χ1n) is 16.1. The summed E-state index contributed by atoms with van der Waals surface area (Å²) in [6.45, 7) is 2.95. The molecule has 0 bridgehead atoms. The molecule has 13 heteroatoms. The molecule has 0 aliphatic rings. The molecule has 43 heavy (non-hydrogen) atoms. The van der Waals surface area contributed by atoms with E-state index in [2.05, 4.69) is 18.0 Å². The van der Waals surface area contributed by atoms with Gasteiger partial charge in [0.1, 0.15) is 18.3 Å².